The van der Waals surface area contributed by atoms with Crippen LogP contribution >= 0.6 is 50.5 Å². The third-order valence-electron chi connectivity index (χ3n) is 2.20. The van der Waals surface area contributed by atoms with Crippen molar-refractivity contribution in [2.24, 2.45) is 0 Å². The highest BCUT2D eigenvalue weighted by Gasteiger charge is 2.10. The van der Waals surface area contributed by atoms with Crippen molar-refractivity contribution < 1.29 is 4.79 Å². The quantitative estimate of drug-likeness (QED) is 0.797. The second-order valence-electron chi connectivity index (χ2n) is 3.59. The van der Waals surface area contributed by atoms with Gasteiger partial charge in [0.15, 0.2) is 5.13 Å². The third-order valence-corrected chi connectivity index (χ3v) is 4.13. The number of halogens is 3. The Morgan fingerprint density at radius 1 is 1.50 bits per heavy atom. The lowest BCUT2D eigenvalue weighted by atomic mass is 10.3. The number of carbonyl (C=O) groups is 1. The second kappa shape index (κ2) is 6.19. The number of rotatable bonds is 4. The van der Waals surface area contributed by atoms with Crippen molar-refractivity contribution >= 4 is 71.7 Å². The number of alkyl halides is 1. The van der Waals surface area contributed by atoms with E-state index >= 15 is 0 Å². The van der Waals surface area contributed by atoms with Crippen molar-refractivity contribution in [1.82, 2.24) is 4.98 Å². The van der Waals surface area contributed by atoms with Crippen LogP contribution in [0.4, 0.5) is 5.13 Å². The van der Waals surface area contributed by atoms with Gasteiger partial charge in [-0.25, -0.2) is 4.98 Å². The summed E-state index contributed by atoms with van der Waals surface area (Å²) in [5.41, 5.74) is 0.706. The molecule has 1 amide bonds. The number of anilines is 1. The predicted octanol–water partition coefficient (Wildman–Crippen LogP) is 4.67. The fraction of sp³-hybridized carbons (Fsp3) is 0.273. The number of nitrogens with one attached hydrogen (secondary N) is 1. The summed E-state index contributed by atoms with van der Waals surface area (Å²) in [5.74, 6) is 0.399. The standard InChI is InChI=1S/C11H9BrCl2N2OS/c12-6-4-7(14)10-8(5-6)18-11(16-10)15-9(17)2-1-3-13/h4-5H,1-3H2,(H,15,16,17). The first-order valence-electron chi connectivity index (χ1n) is 5.21. The molecule has 3 nitrogen and oxygen atoms in total. The van der Waals surface area contributed by atoms with Gasteiger partial charge in [-0.15, -0.1) is 11.6 Å². The van der Waals surface area contributed by atoms with Gasteiger partial charge in [-0.3, -0.25) is 4.79 Å². The van der Waals surface area contributed by atoms with E-state index in [4.69, 9.17) is 23.2 Å². The molecular formula is C11H9BrCl2N2OS. The second-order valence-corrected chi connectivity index (χ2v) is 6.33. The highest BCUT2D eigenvalue weighted by atomic mass is 79.9. The largest absolute Gasteiger partial charge is 0.302 e. The van der Waals surface area contributed by atoms with Crippen molar-refractivity contribution in [1.29, 1.82) is 0 Å². The van der Waals surface area contributed by atoms with Gasteiger partial charge in [0.1, 0.15) is 5.52 Å². The molecule has 0 aliphatic rings. The van der Waals surface area contributed by atoms with Crippen molar-refractivity contribution in [2.75, 3.05) is 11.2 Å². The summed E-state index contributed by atoms with van der Waals surface area (Å²) in [6.45, 7) is 0. The van der Waals surface area contributed by atoms with Gasteiger partial charge in [-0.2, -0.15) is 0 Å². The Hall–Kier alpha value is -0.360. The van der Waals surface area contributed by atoms with Crippen molar-refractivity contribution in [2.45, 2.75) is 12.8 Å². The Balaban J connectivity index is 2.20. The van der Waals surface area contributed by atoms with Crippen molar-refractivity contribution in [3.05, 3.63) is 21.6 Å². The third kappa shape index (κ3) is 3.35. The molecule has 0 saturated heterocycles. The van der Waals surface area contributed by atoms with Crippen LogP contribution in [0.5, 0.6) is 0 Å². The fourth-order valence-corrected chi connectivity index (χ4v) is 3.56. The first-order chi connectivity index (χ1) is 8.60. The van der Waals surface area contributed by atoms with Gasteiger partial charge >= 0.3 is 0 Å². The Morgan fingerprint density at radius 2 is 2.28 bits per heavy atom. The van der Waals surface area contributed by atoms with E-state index in [0.29, 0.717) is 34.4 Å². The van der Waals surface area contributed by atoms with Gasteiger partial charge in [0.2, 0.25) is 5.91 Å². The summed E-state index contributed by atoms with van der Waals surface area (Å²) in [4.78, 5) is 15.9. The molecule has 2 aromatic rings. The van der Waals surface area contributed by atoms with E-state index in [1.807, 2.05) is 6.07 Å². The molecule has 0 aliphatic heterocycles. The minimum atomic E-state index is -0.0788. The lowest BCUT2D eigenvalue weighted by Crippen LogP contribution is -2.10. The minimum Gasteiger partial charge on any atom is -0.302 e. The number of nitrogens with zero attached hydrogens (tertiary/aromatic N) is 1. The molecular weight excluding hydrogens is 359 g/mol. The molecule has 1 aromatic heterocycles. The Labute approximate surface area is 127 Å². The summed E-state index contributed by atoms with van der Waals surface area (Å²) in [6.07, 6.45) is 1.06. The molecule has 7 heteroatoms. The first kappa shape index (κ1) is 14.1. The molecule has 96 valence electrons. The normalized spacial score (nSPS) is 10.8. The molecule has 0 bridgehead atoms. The summed E-state index contributed by atoms with van der Waals surface area (Å²) in [7, 11) is 0. The van der Waals surface area contributed by atoms with Crippen LogP contribution in [0, 0.1) is 0 Å². The maximum Gasteiger partial charge on any atom is 0.226 e. The lowest BCUT2D eigenvalue weighted by molar-refractivity contribution is -0.116. The number of aromatic nitrogens is 1. The number of hydrogen-bond acceptors (Lipinski definition) is 3. The Morgan fingerprint density at radius 3 is 3.00 bits per heavy atom. The molecule has 0 aliphatic carbocycles. The molecule has 0 radical (unpaired) electrons. The SMILES string of the molecule is O=C(CCCCl)Nc1nc2c(Cl)cc(Br)cc2s1. The summed E-state index contributed by atoms with van der Waals surface area (Å²) >= 11 is 16.4. The van der Waals surface area contributed by atoms with Crippen molar-refractivity contribution in [3.63, 3.8) is 0 Å². The van der Waals surface area contributed by atoms with E-state index in [-0.39, 0.29) is 5.91 Å². The van der Waals surface area contributed by atoms with Crippen LogP contribution < -0.4 is 5.32 Å². The molecule has 0 atom stereocenters. The molecule has 0 unspecified atom stereocenters. The summed E-state index contributed by atoms with van der Waals surface area (Å²) in [5, 5.41) is 3.88. The summed E-state index contributed by atoms with van der Waals surface area (Å²) in [6, 6.07) is 3.70. The average Bonchev–Trinajstić information content (AvgIpc) is 2.69. The van der Waals surface area contributed by atoms with Crippen LogP contribution in [0.25, 0.3) is 10.2 Å². The van der Waals surface area contributed by atoms with Crippen LogP contribution in [-0.4, -0.2) is 16.8 Å². The number of amides is 1. The van der Waals surface area contributed by atoms with Gasteiger partial charge in [0, 0.05) is 16.8 Å². The molecule has 0 saturated carbocycles. The molecule has 1 aromatic carbocycles. The number of thiazole rings is 1. The highest BCUT2D eigenvalue weighted by molar-refractivity contribution is 9.10. The minimum absolute atomic E-state index is 0.0788. The van der Waals surface area contributed by atoms with E-state index in [0.717, 1.165) is 9.17 Å². The number of benzene rings is 1. The van der Waals surface area contributed by atoms with Crippen LogP contribution in [0.2, 0.25) is 5.02 Å². The summed E-state index contributed by atoms with van der Waals surface area (Å²) < 4.78 is 1.82. The van der Waals surface area contributed by atoms with Gasteiger partial charge in [0.25, 0.3) is 0 Å². The first-order valence-corrected chi connectivity index (χ1v) is 7.74. The highest BCUT2D eigenvalue weighted by Crippen LogP contribution is 2.33. The van der Waals surface area contributed by atoms with Crippen LogP contribution in [0.1, 0.15) is 12.8 Å². The lowest BCUT2D eigenvalue weighted by Gasteiger charge is -1.98. The van der Waals surface area contributed by atoms with E-state index < -0.39 is 0 Å². The predicted molar refractivity (Wildman–Crippen MR) is 80.9 cm³/mol. The maximum absolute atomic E-state index is 11.6. The molecule has 1 heterocycles. The van der Waals surface area contributed by atoms with E-state index in [2.05, 4.69) is 26.2 Å². The number of fused-ring (bicyclic) bond motifs is 1. The van der Waals surface area contributed by atoms with Crippen LogP contribution in [0.15, 0.2) is 16.6 Å². The molecule has 1 N–H and O–H groups in total. The average molecular weight is 368 g/mol. The van der Waals surface area contributed by atoms with Crippen molar-refractivity contribution in [3.8, 4) is 0 Å². The topological polar surface area (TPSA) is 42.0 Å². The Bertz CT molecular complexity index is 588. The van der Waals surface area contributed by atoms with E-state index in [1.165, 1.54) is 11.3 Å². The number of carbonyl (C=O) groups excluding carboxylic acids is 1. The van der Waals surface area contributed by atoms with Crippen LogP contribution in [0.3, 0.4) is 0 Å². The fourth-order valence-electron chi connectivity index (χ4n) is 1.42. The molecule has 0 spiro atoms. The van der Waals surface area contributed by atoms with Gasteiger partial charge in [-0.1, -0.05) is 38.9 Å². The zero-order valence-corrected chi connectivity index (χ0v) is 13.1. The Kier molecular flexibility index (Phi) is 4.84. The maximum atomic E-state index is 11.6. The smallest absolute Gasteiger partial charge is 0.226 e. The van der Waals surface area contributed by atoms with Gasteiger partial charge < -0.3 is 5.32 Å². The van der Waals surface area contributed by atoms with Gasteiger partial charge in [0.05, 0.1) is 9.72 Å². The van der Waals surface area contributed by atoms with E-state index in [1.54, 1.807) is 6.07 Å². The van der Waals surface area contributed by atoms with Gasteiger partial charge in [-0.05, 0) is 18.6 Å². The number of hydrogen-bond donors (Lipinski definition) is 1. The molecule has 0 fully saturated rings. The zero-order valence-electron chi connectivity index (χ0n) is 9.17. The molecule has 18 heavy (non-hydrogen) atoms. The monoisotopic (exact) mass is 366 g/mol. The molecule has 2 rings (SSSR count). The van der Waals surface area contributed by atoms with Crippen LogP contribution in [-0.2, 0) is 4.79 Å². The van der Waals surface area contributed by atoms with E-state index in [9.17, 15) is 4.79 Å². The zero-order chi connectivity index (χ0) is 13.1.